The lowest BCUT2D eigenvalue weighted by Crippen LogP contribution is -2.03. The fourth-order valence-corrected chi connectivity index (χ4v) is 1.88. The van der Waals surface area contributed by atoms with Crippen LogP contribution in [0.2, 0.25) is 0 Å². The molecule has 5 heteroatoms. The number of oxime groups is 1. The van der Waals surface area contributed by atoms with Crippen LogP contribution >= 0.6 is 0 Å². The van der Waals surface area contributed by atoms with Gasteiger partial charge in [0.15, 0.2) is 5.76 Å². The maximum Gasteiger partial charge on any atom is 0.298 e. The zero-order valence-corrected chi connectivity index (χ0v) is 10.1. The predicted molar refractivity (Wildman–Crippen MR) is 64.7 cm³/mol. The zero-order valence-electron chi connectivity index (χ0n) is 10.1. The normalized spacial score (nSPS) is 18.1. The SMILES string of the molecule is CC1=NOC(c2c(C)noc2-c2ccccc2)O1. The molecule has 0 amide bonds. The minimum absolute atomic E-state index is 0.500. The van der Waals surface area contributed by atoms with Crippen molar-refractivity contribution in [1.82, 2.24) is 5.16 Å². The number of aromatic nitrogens is 1. The first-order chi connectivity index (χ1) is 8.75. The van der Waals surface area contributed by atoms with Crippen molar-refractivity contribution in [2.75, 3.05) is 0 Å². The van der Waals surface area contributed by atoms with E-state index in [1.54, 1.807) is 6.92 Å². The molecular weight excluding hydrogens is 232 g/mol. The van der Waals surface area contributed by atoms with Crippen LogP contribution in [0.15, 0.2) is 40.0 Å². The molecule has 0 bridgehead atoms. The van der Waals surface area contributed by atoms with Gasteiger partial charge in [-0.1, -0.05) is 35.5 Å². The third kappa shape index (κ3) is 1.73. The number of aryl methyl sites for hydroxylation is 1. The van der Waals surface area contributed by atoms with Crippen molar-refractivity contribution in [1.29, 1.82) is 0 Å². The van der Waals surface area contributed by atoms with Crippen LogP contribution < -0.4 is 0 Å². The summed E-state index contributed by atoms with van der Waals surface area (Å²) in [6.07, 6.45) is -0.577. The molecule has 1 aromatic carbocycles. The maximum atomic E-state index is 5.48. The van der Waals surface area contributed by atoms with E-state index in [0.29, 0.717) is 11.7 Å². The molecule has 0 saturated carbocycles. The minimum atomic E-state index is -0.577. The summed E-state index contributed by atoms with van der Waals surface area (Å²) < 4.78 is 10.8. The third-order valence-corrected chi connectivity index (χ3v) is 2.73. The number of benzene rings is 1. The fraction of sp³-hybridized carbons (Fsp3) is 0.231. The van der Waals surface area contributed by atoms with Gasteiger partial charge in [0.2, 0.25) is 5.90 Å². The summed E-state index contributed by atoms with van der Waals surface area (Å²) in [5.74, 6) is 1.16. The maximum absolute atomic E-state index is 5.48. The first kappa shape index (κ1) is 10.8. The van der Waals surface area contributed by atoms with Crippen LogP contribution in [0.1, 0.15) is 24.5 Å². The summed E-state index contributed by atoms with van der Waals surface area (Å²) in [5.41, 5.74) is 2.45. The van der Waals surface area contributed by atoms with Gasteiger partial charge in [0, 0.05) is 12.5 Å². The summed E-state index contributed by atoms with van der Waals surface area (Å²) in [7, 11) is 0. The van der Waals surface area contributed by atoms with Gasteiger partial charge < -0.3 is 14.1 Å². The number of hydrogen-bond acceptors (Lipinski definition) is 5. The van der Waals surface area contributed by atoms with Crippen molar-refractivity contribution >= 4 is 5.90 Å². The van der Waals surface area contributed by atoms with Gasteiger partial charge in [-0.3, -0.25) is 0 Å². The van der Waals surface area contributed by atoms with Gasteiger partial charge in [0.05, 0.1) is 5.69 Å². The molecule has 1 atom stereocenters. The van der Waals surface area contributed by atoms with Crippen LogP contribution in [0.25, 0.3) is 11.3 Å². The van der Waals surface area contributed by atoms with E-state index in [0.717, 1.165) is 16.8 Å². The molecule has 5 nitrogen and oxygen atoms in total. The van der Waals surface area contributed by atoms with E-state index in [-0.39, 0.29) is 0 Å². The van der Waals surface area contributed by atoms with Gasteiger partial charge in [0.25, 0.3) is 6.29 Å². The van der Waals surface area contributed by atoms with E-state index in [9.17, 15) is 0 Å². The molecule has 3 rings (SSSR count). The molecule has 2 heterocycles. The number of hydrogen-bond donors (Lipinski definition) is 0. The van der Waals surface area contributed by atoms with Crippen LogP contribution in [0, 0.1) is 6.92 Å². The highest BCUT2D eigenvalue weighted by Gasteiger charge is 2.30. The lowest BCUT2D eigenvalue weighted by atomic mass is 10.1. The van der Waals surface area contributed by atoms with E-state index in [1.807, 2.05) is 37.3 Å². The van der Waals surface area contributed by atoms with Crippen molar-refractivity contribution in [2.24, 2.45) is 5.16 Å². The molecule has 1 aliphatic heterocycles. The van der Waals surface area contributed by atoms with E-state index in [2.05, 4.69) is 10.3 Å². The minimum Gasteiger partial charge on any atom is -0.432 e. The Kier molecular flexibility index (Phi) is 2.51. The molecule has 0 aliphatic carbocycles. The standard InChI is InChI=1S/C13H12N2O3/c1-8-11(13-16-9(2)15-18-13)12(17-14-8)10-6-4-3-5-7-10/h3-7,13H,1-2H3. The average molecular weight is 244 g/mol. The highest BCUT2D eigenvalue weighted by molar-refractivity contribution is 5.74. The summed E-state index contributed by atoms with van der Waals surface area (Å²) in [4.78, 5) is 5.22. The number of nitrogens with zero attached hydrogens (tertiary/aromatic N) is 2. The summed E-state index contributed by atoms with van der Waals surface area (Å²) >= 11 is 0. The zero-order chi connectivity index (χ0) is 12.5. The number of ether oxygens (including phenoxy) is 1. The fourth-order valence-electron chi connectivity index (χ4n) is 1.88. The Morgan fingerprint density at radius 2 is 1.89 bits per heavy atom. The van der Waals surface area contributed by atoms with Gasteiger partial charge >= 0.3 is 0 Å². The largest absolute Gasteiger partial charge is 0.432 e. The Bertz CT molecular complexity index is 590. The first-order valence-electron chi connectivity index (χ1n) is 5.64. The summed E-state index contributed by atoms with van der Waals surface area (Å²) in [6, 6.07) is 9.73. The quantitative estimate of drug-likeness (QED) is 0.814. The third-order valence-electron chi connectivity index (χ3n) is 2.73. The Balaban J connectivity index is 2.02. The lowest BCUT2D eigenvalue weighted by Gasteiger charge is -2.08. The summed E-state index contributed by atoms with van der Waals surface area (Å²) in [6.45, 7) is 3.59. The van der Waals surface area contributed by atoms with E-state index >= 15 is 0 Å². The van der Waals surface area contributed by atoms with Gasteiger partial charge in [-0.15, -0.1) is 0 Å². The van der Waals surface area contributed by atoms with E-state index in [4.69, 9.17) is 14.1 Å². The molecule has 18 heavy (non-hydrogen) atoms. The van der Waals surface area contributed by atoms with Gasteiger partial charge in [-0.25, -0.2) is 0 Å². The second kappa shape index (κ2) is 4.18. The van der Waals surface area contributed by atoms with Crippen molar-refractivity contribution < 1.29 is 14.1 Å². The highest BCUT2D eigenvalue weighted by Crippen LogP contribution is 2.35. The number of rotatable bonds is 2. The van der Waals surface area contributed by atoms with Crippen LogP contribution in [-0.4, -0.2) is 11.1 Å². The molecule has 92 valence electrons. The molecule has 0 saturated heterocycles. The highest BCUT2D eigenvalue weighted by atomic mass is 16.8. The van der Waals surface area contributed by atoms with Crippen molar-refractivity contribution in [3.05, 3.63) is 41.6 Å². The van der Waals surface area contributed by atoms with Crippen molar-refractivity contribution in [3.8, 4) is 11.3 Å². The second-order valence-corrected chi connectivity index (χ2v) is 4.04. The molecule has 2 aromatic rings. The smallest absolute Gasteiger partial charge is 0.298 e. The molecule has 0 fully saturated rings. The molecule has 1 aliphatic rings. The lowest BCUT2D eigenvalue weighted by molar-refractivity contribution is -0.0504. The Morgan fingerprint density at radius 1 is 1.11 bits per heavy atom. The monoisotopic (exact) mass is 244 g/mol. The topological polar surface area (TPSA) is 56.9 Å². The molecule has 0 spiro atoms. The van der Waals surface area contributed by atoms with Crippen molar-refractivity contribution in [3.63, 3.8) is 0 Å². The molecule has 0 N–H and O–H groups in total. The van der Waals surface area contributed by atoms with Gasteiger partial charge in [-0.2, -0.15) is 0 Å². The van der Waals surface area contributed by atoms with Gasteiger partial charge in [0.1, 0.15) is 5.56 Å². The molecule has 1 aromatic heterocycles. The van der Waals surface area contributed by atoms with Crippen molar-refractivity contribution in [2.45, 2.75) is 20.1 Å². The van der Waals surface area contributed by atoms with Crippen LogP contribution in [0.5, 0.6) is 0 Å². The van der Waals surface area contributed by atoms with Crippen LogP contribution in [-0.2, 0) is 9.57 Å². The second-order valence-electron chi connectivity index (χ2n) is 4.04. The molecular formula is C13H12N2O3. The average Bonchev–Trinajstić information content (AvgIpc) is 2.96. The van der Waals surface area contributed by atoms with E-state index < -0.39 is 6.29 Å². The van der Waals surface area contributed by atoms with E-state index in [1.165, 1.54) is 0 Å². The summed E-state index contributed by atoms with van der Waals surface area (Å²) in [5, 5.41) is 7.75. The first-order valence-corrected chi connectivity index (χ1v) is 5.64. The predicted octanol–water partition coefficient (Wildman–Crippen LogP) is 3.03. The van der Waals surface area contributed by atoms with Crippen LogP contribution in [0.4, 0.5) is 0 Å². The Labute approximate surface area is 104 Å². The van der Waals surface area contributed by atoms with Crippen LogP contribution in [0.3, 0.4) is 0 Å². The van der Waals surface area contributed by atoms with Gasteiger partial charge in [-0.05, 0) is 12.1 Å². The Hall–Kier alpha value is -2.30. The Morgan fingerprint density at radius 3 is 2.56 bits per heavy atom. The molecule has 1 unspecified atom stereocenters. The molecule has 0 radical (unpaired) electrons.